The predicted molar refractivity (Wildman–Crippen MR) is 159 cm³/mol. The van der Waals surface area contributed by atoms with Crippen molar-refractivity contribution in [2.24, 2.45) is 5.10 Å². The largest absolute Gasteiger partial charge is 0.482 e. The quantitative estimate of drug-likeness (QED) is 0.143. The average molecular weight is 674 g/mol. The SMILES string of the molecule is O=C(COc1c(Br)cc(Cl)cc1C=Nn1c(-c2cccc(C(F)(F)F)c2)nc2ccccc2c1=O)Nc1cccc(F)c1. The van der Waals surface area contributed by atoms with Gasteiger partial charge in [0.15, 0.2) is 12.4 Å². The number of anilines is 1. The second-order valence-electron chi connectivity index (χ2n) is 9.05. The molecular weight excluding hydrogens is 656 g/mol. The van der Waals surface area contributed by atoms with Gasteiger partial charge in [0.2, 0.25) is 0 Å². The third kappa shape index (κ3) is 6.92. The Morgan fingerprint density at radius 2 is 1.81 bits per heavy atom. The van der Waals surface area contributed by atoms with Gasteiger partial charge in [-0.25, -0.2) is 9.37 Å². The van der Waals surface area contributed by atoms with Crippen LogP contribution < -0.4 is 15.6 Å². The molecule has 1 amide bonds. The lowest BCUT2D eigenvalue weighted by molar-refractivity contribution is -0.137. The van der Waals surface area contributed by atoms with E-state index < -0.39 is 35.6 Å². The Labute approximate surface area is 254 Å². The molecular formula is C30H18BrClF4N4O3. The van der Waals surface area contributed by atoms with E-state index in [9.17, 15) is 27.2 Å². The van der Waals surface area contributed by atoms with E-state index in [-0.39, 0.29) is 44.3 Å². The van der Waals surface area contributed by atoms with Crippen LogP contribution in [0.1, 0.15) is 11.1 Å². The Hall–Kier alpha value is -4.55. The first-order valence-electron chi connectivity index (χ1n) is 12.4. The number of benzene rings is 4. The van der Waals surface area contributed by atoms with Gasteiger partial charge in [0, 0.05) is 21.8 Å². The minimum absolute atomic E-state index is 0.00703. The van der Waals surface area contributed by atoms with Gasteiger partial charge in [-0.2, -0.15) is 22.9 Å². The van der Waals surface area contributed by atoms with E-state index in [2.05, 4.69) is 31.3 Å². The number of fused-ring (bicyclic) bond motifs is 1. The fraction of sp³-hybridized carbons (Fsp3) is 0.0667. The highest BCUT2D eigenvalue weighted by atomic mass is 79.9. The molecule has 1 heterocycles. The second kappa shape index (κ2) is 12.4. The molecule has 218 valence electrons. The molecule has 5 rings (SSSR count). The summed E-state index contributed by atoms with van der Waals surface area (Å²) in [6.07, 6.45) is -3.41. The fourth-order valence-corrected chi connectivity index (χ4v) is 5.05. The van der Waals surface area contributed by atoms with Gasteiger partial charge >= 0.3 is 6.18 Å². The van der Waals surface area contributed by atoms with E-state index in [1.165, 1.54) is 54.7 Å². The Morgan fingerprint density at radius 1 is 1.05 bits per heavy atom. The molecule has 7 nitrogen and oxygen atoms in total. The molecule has 5 aromatic rings. The summed E-state index contributed by atoms with van der Waals surface area (Å²) >= 11 is 9.57. The summed E-state index contributed by atoms with van der Waals surface area (Å²) in [5.74, 6) is -1.12. The second-order valence-corrected chi connectivity index (χ2v) is 10.3. The van der Waals surface area contributed by atoms with E-state index in [4.69, 9.17) is 16.3 Å². The van der Waals surface area contributed by atoms with Crippen molar-refractivity contribution in [2.75, 3.05) is 11.9 Å². The number of ether oxygens (including phenoxy) is 1. The molecule has 0 aliphatic rings. The Balaban J connectivity index is 1.54. The number of halogens is 6. The molecule has 0 bridgehead atoms. The predicted octanol–water partition coefficient (Wildman–Crippen LogP) is 7.54. The molecule has 43 heavy (non-hydrogen) atoms. The highest BCUT2D eigenvalue weighted by Crippen LogP contribution is 2.33. The molecule has 1 N–H and O–H groups in total. The van der Waals surface area contributed by atoms with Crippen LogP contribution in [-0.2, 0) is 11.0 Å². The minimum atomic E-state index is -4.62. The first-order chi connectivity index (χ1) is 20.5. The van der Waals surface area contributed by atoms with Gasteiger partial charge in [0.25, 0.3) is 11.5 Å². The van der Waals surface area contributed by atoms with Gasteiger partial charge in [-0.3, -0.25) is 9.59 Å². The zero-order valence-electron chi connectivity index (χ0n) is 21.7. The summed E-state index contributed by atoms with van der Waals surface area (Å²) < 4.78 is 60.9. The highest BCUT2D eigenvalue weighted by molar-refractivity contribution is 9.10. The van der Waals surface area contributed by atoms with E-state index >= 15 is 0 Å². The van der Waals surface area contributed by atoms with Gasteiger partial charge in [0.05, 0.1) is 27.2 Å². The summed E-state index contributed by atoms with van der Waals surface area (Å²) in [6.45, 7) is -0.482. The third-order valence-electron chi connectivity index (χ3n) is 6.01. The van der Waals surface area contributed by atoms with Crippen molar-refractivity contribution < 1.29 is 27.1 Å². The highest BCUT2D eigenvalue weighted by Gasteiger charge is 2.31. The number of nitrogens with zero attached hydrogens (tertiary/aromatic N) is 3. The standard InChI is InChI=1S/C30H18BrClF4N4O3/c31-24-13-20(32)12-18(27(24)43-16-26(41)38-22-8-4-7-21(33)14-22)15-37-40-28(17-5-3-6-19(11-17)30(34,35)36)39-25-10-2-1-9-23(25)29(40)42/h1-15H,16H2,(H,38,41). The Bertz CT molecular complexity index is 1950. The molecule has 13 heteroatoms. The van der Waals surface area contributed by atoms with Crippen molar-refractivity contribution in [3.8, 4) is 17.1 Å². The number of carbonyl (C=O) groups excluding carboxylic acids is 1. The van der Waals surface area contributed by atoms with Crippen LogP contribution in [0.5, 0.6) is 5.75 Å². The van der Waals surface area contributed by atoms with E-state index in [0.29, 0.717) is 4.47 Å². The number of para-hydroxylation sites is 1. The van der Waals surface area contributed by atoms with Gasteiger partial charge in [-0.05, 0) is 70.5 Å². The maximum absolute atomic E-state index is 13.5. The normalized spacial score (nSPS) is 11.7. The molecule has 0 atom stereocenters. The molecule has 0 aliphatic carbocycles. The number of rotatable bonds is 7. The summed E-state index contributed by atoms with van der Waals surface area (Å²) in [5.41, 5.74) is -0.817. The van der Waals surface area contributed by atoms with Crippen LogP contribution in [0, 0.1) is 5.82 Å². The lowest BCUT2D eigenvalue weighted by atomic mass is 10.1. The maximum Gasteiger partial charge on any atom is 0.416 e. The van der Waals surface area contributed by atoms with Crippen LogP contribution in [0.15, 0.2) is 99.3 Å². The number of carbonyl (C=O) groups is 1. The van der Waals surface area contributed by atoms with Crippen LogP contribution in [-0.4, -0.2) is 28.4 Å². The zero-order chi connectivity index (χ0) is 30.7. The van der Waals surface area contributed by atoms with Crippen molar-refractivity contribution in [2.45, 2.75) is 6.18 Å². The number of aromatic nitrogens is 2. The third-order valence-corrected chi connectivity index (χ3v) is 6.81. The summed E-state index contributed by atoms with van der Waals surface area (Å²) in [4.78, 5) is 30.4. The number of hydrogen-bond donors (Lipinski definition) is 1. The summed E-state index contributed by atoms with van der Waals surface area (Å²) in [6, 6.07) is 19.0. The van der Waals surface area contributed by atoms with Gasteiger partial charge in [-0.15, -0.1) is 0 Å². The van der Waals surface area contributed by atoms with E-state index in [1.807, 2.05) is 0 Å². The van der Waals surface area contributed by atoms with Crippen molar-refractivity contribution in [1.82, 2.24) is 9.66 Å². The molecule has 0 saturated carbocycles. The van der Waals surface area contributed by atoms with Gasteiger partial charge < -0.3 is 10.1 Å². The lowest BCUT2D eigenvalue weighted by Gasteiger charge is -2.13. The Morgan fingerprint density at radius 3 is 2.58 bits per heavy atom. The van der Waals surface area contributed by atoms with E-state index in [0.717, 1.165) is 22.9 Å². The molecule has 0 aliphatic heterocycles. The van der Waals surface area contributed by atoms with Crippen molar-refractivity contribution in [1.29, 1.82) is 0 Å². The Kier molecular flexibility index (Phi) is 8.60. The van der Waals surface area contributed by atoms with Crippen LogP contribution >= 0.6 is 27.5 Å². The van der Waals surface area contributed by atoms with Crippen LogP contribution in [0.25, 0.3) is 22.3 Å². The van der Waals surface area contributed by atoms with Crippen LogP contribution in [0.4, 0.5) is 23.2 Å². The van der Waals surface area contributed by atoms with Gasteiger partial charge in [0.1, 0.15) is 11.6 Å². The first-order valence-corrected chi connectivity index (χ1v) is 13.6. The smallest absolute Gasteiger partial charge is 0.416 e. The monoisotopic (exact) mass is 672 g/mol. The maximum atomic E-state index is 13.5. The first kappa shape index (κ1) is 29.9. The van der Waals surface area contributed by atoms with Gasteiger partial charge in [-0.1, -0.05) is 41.9 Å². The number of alkyl halides is 3. The van der Waals surface area contributed by atoms with Crippen LogP contribution in [0.3, 0.4) is 0 Å². The summed E-state index contributed by atoms with van der Waals surface area (Å²) in [5, 5.41) is 7.23. The zero-order valence-corrected chi connectivity index (χ0v) is 24.0. The lowest BCUT2D eigenvalue weighted by Crippen LogP contribution is -2.21. The van der Waals surface area contributed by atoms with Crippen molar-refractivity contribution in [3.63, 3.8) is 0 Å². The van der Waals surface area contributed by atoms with Crippen molar-refractivity contribution >= 4 is 56.2 Å². The number of nitrogens with one attached hydrogen (secondary N) is 1. The molecule has 0 fully saturated rings. The molecule has 0 spiro atoms. The molecule has 0 saturated heterocycles. The number of amides is 1. The topological polar surface area (TPSA) is 85.6 Å². The fourth-order valence-electron chi connectivity index (χ4n) is 4.10. The molecule has 1 aromatic heterocycles. The number of hydrogen-bond acceptors (Lipinski definition) is 5. The molecule has 0 unspecified atom stereocenters. The summed E-state index contributed by atoms with van der Waals surface area (Å²) in [7, 11) is 0. The molecule has 0 radical (unpaired) electrons. The van der Waals surface area contributed by atoms with E-state index in [1.54, 1.807) is 18.2 Å². The van der Waals surface area contributed by atoms with Crippen molar-refractivity contribution in [3.05, 3.63) is 122 Å². The average Bonchev–Trinajstić information content (AvgIpc) is 2.95. The minimum Gasteiger partial charge on any atom is -0.482 e. The van der Waals surface area contributed by atoms with Crippen LogP contribution in [0.2, 0.25) is 5.02 Å². The molecule has 4 aromatic carbocycles.